The number of hydrogen-bond donors (Lipinski definition) is 1. The largest absolute Gasteiger partial charge is 0.480 e. The van der Waals surface area contributed by atoms with Crippen molar-refractivity contribution >= 4 is 23.2 Å². The summed E-state index contributed by atoms with van der Waals surface area (Å²) >= 11 is 1.31. The number of aromatic nitrogens is 1. The van der Waals surface area contributed by atoms with Crippen LogP contribution in [0.1, 0.15) is 40.4 Å². The Kier molecular flexibility index (Phi) is 3.96. The molecule has 98 valence electrons. The minimum atomic E-state index is -0.911. The average molecular weight is 268 g/mol. The number of likely N-dealkylation sites (tertiary alicyclic amines) is 1. The molecular formula is C12H16N2O3S. The Morgan fingerprint density at radius 1 is 1.44 bits per heavy atom. The molecule has 1 aliphatic heterocycles. The predicted octanol–water partition coefficient (Wildman–Crippen LogP) is 1.92. The summed E-state index contributed by atoms with van der Waals surface area (Å²) < 4.78 is 0. The molecule has 0 saturated carbocycles. The second-order valence-electron chi connectivity index (χ2n) is 4.45. The van der Waals surface area contributed by atoms with Crippen molar-refractivity contribution in [3.8, 4) is 0 Å². The van der Waals surface area contributed by atoms with Gasteiger partial charge in [0.15, 0.2) is 0 Å². The van der Waals surface area contributed by atoms with Crippen molar-refractivity contribution in [3.63, 3.8) is 0 Å². The zero-order chi connectivity index (χ0) is 13.1. The Balaban J connectivity index is 2.22. The number of carboxylic acids is 1. The zero-order valence-electron chi connectivity index (χ0n) is 10.3. The highest BCUT2D eigenvalue weighted by Gasteiger charge is 2.31. The lowest BCUT2D eigenvalue weighted by atomic mass is 10.1. The van der Waals surface area contributed by atoms with E-state index in [4.69, 9.17) is 0 Å². The summed E-state index contributed by atoms with van der Waals surface area (Å²) in [5, 5.41) is 10.0. The van der Waals surface area contributed by atoms with E-state index in [-0.39, 0.29) is 5.91 Å². The van der Waals surface area contributed by atoms with Crippen LogP contribution in [0.25, 0.3) is 0 Å². The third-order valence-corrected chi connectivity index (χ3v) is 4.03. The molecule has 0 aliphatic carbocycles. The van der Waals surface area contributed by atoms with Crippen LogP contribution < -0.4 is 0 Å². The van der Waals surface area contributed by atoms with Crippen LogP contribution in [-0.4, -0.2) is 39.5 Å². The molecule has 1 unspecified atom stereocenters. The molecule has 1 saturated heterocycles. The fraction of sp³-hybridized carbons (Fsp3) is 0.583. The first-order valence-corrected chi connectivity index (χ1v) is 6.87. The van der Waals surface area contributed by atoms with Crippen molar-refractivity contribution < 1.29 is 14.7 Å². The topological polar surface area (TPSA) is 70.5 Å². The van der Waals surface area contributed by atoms with Gasteiger partial charge in [-0.25, -0.2) is 9.78 Å². The summed E-state index contributed by atoms with van der Waals surface area (Å²) in [6, 6.07) is -0.692. The van der Waals surface area contributed by atoms with E-state index in [1.807, 2.05) is 6.92 Å². The van der Waals surface area contributed by atoms with Gasteiger partial charge >= 0.3 is 5.97 Å². The maximum Gasteiger partial charge on any atom is 0.326 e. The molecule has 1 fully saturated rings. The highest BCUT2D eigenvalue weighted by Crippen LogP contribution is 2.22. The fourth-order valence-corrected chi connectivity index (χ4v) is 2.94. The number of thiazole rings is 1. The number of aliphatic carboxylic acids is 1. The van der Waals surface area contributed by atoms with Gasteiger partial charge in [0, 0.05) is 6.54 Å². The van der Waals surface area contributed by atoms with E-state index in [0.29, 0.717) is 17.8 Å². The Hall–Kier alpha value is -1.43. The standard InChI is InChI=1S/C12H16N2O3S/c1-8-13-7-10(18-8)11(15)14-6-4-2-3-5-9(14)12(16)17/h7,9H,2-6H2,1H3,(H,16,17). The van der Waals surface area contributed by atoms with E-state index in [1.165, 1.54) is 22.4 Å². The molecule has 1 aliphatic rings. The minimum absolute atomic E-state index is 0.199. The van der Waals surface area contributed by atoms with Gasteiger partial charge in [0.1, 0.15) is 10.9 Å². The number of carboxylic acid groups (broad SMARTS) is 1. The molecule has 1 amide bonds. The van der Waals surface area contributed by atoms with E-state index in [1.54, 1.807) is 0 Å². The minimum Gasteiger partial charge on any atom is -0.480 e. The second-order valence-corrected chi connectivity index (χ2v) is 5.68. The highest BCUT2D eigenvalue weighted by molar-refractivity contribution is 7.13. The monoisotopic (exact) mass is 268 g/mol. The molecule has 5 nitrogen and oxygen atoms in total. The SMILES string of the molecule is Cc1ncc(C(=O)N2CCCCCC2C(=O)O)s1. The van der Waals surface area contributed by atoms with Gasteiger partial charge in [-0.2, -0.15) is 0 Å². The molecule has 0 spiro atoms. The molecule has 0 radical (unpaired) electrons. The van der Waals surface area contributed by atoms with Gasteiger partial charge in [-0.3, -0.25) is 4.79 Å². The van der Waals surface area contributed by atoms with Gasteiger partial charge in [0.2, 0.25) is 0 Å². The lowest BCUT2D eigenvalue weighted by molar-refractivity contribution is -0.142. The highest BCUT2D eigenvalue weighted by atomic mass is 32.1. The Labute approximate surface area is 109 Å². The number of rotatable bonds is 2. The van der Waals surface area contributed by atoms with Crippen molar-refractivity contribution in [1.29, 1.82) is 0 Å². The van der Waals surface area contributed by atoms with Gasteiger partial charge in [-0.05, 0) is 19.8 Å². The first-order chi connectivity index (χ1) is 8.59. The molecule has 18 heavy (non-hydrogen) atoms. The Morgan fingerprint density at radius 2 is 2.22 bits per heavy atom. The molecule has 0 aromatic carbocycles. The van der Waals surface area contributed by atoms with E-state index in [2.05, 4.69) is 4.98 Å². The second kappa shape index (κ2) is 5.48. The van der Waals surface area contributed by atoms with Gasteiger partial charge < -0.3 is 10.0 Å². The quantitative estimate of drug-likeness (QED) is 0.889. The van der Waals surface area contributed by atoms with Crippen LogP contribution in [0.3, 0.4) is 0 Å². The van der Waals surface area contributed by atoms with E-state index >= 15 is 0 Å². The van der Waals surface area contributed by atoms with Gasteiger partial charge in [0.25, 0.3) is 5.91 Å². The van der Waals surface area contributed by atoms with Crippen LogP contribution in [-0.2, 0) is 4.79 Å². The number of carbonyl (C=O) groups excluding carboxylic acids is 1. The number of hydrogen-bond acceptors (Lipinski definition) is 4. The number of amides is 1. The maximum absolute atomic E-state index is 12.3. The van der Waals surface area contributed by atoms with Crippen LogP contribution in [0.15, 0.2) is 6.20 Å². The molecule has 0 bridgehead atoms. The number of aryl methyl sites for hydroxylation is 1. The van der Waals surface area contributed by atoms with Crippen molar-refractivity contribution in [2.75, 3.05) is 6.54 Å². The summed E-state index contributed by atoms with van der Waals surface area (Å²) in [7, 11) is 0. The number of carbonyl (C=O) groups is 2. The smallest absolute Gasteiger partial charge is 0.326 e. The van der Waals surface area contributed by atoms with E-state index in [9.17, 15) is 14.7 Å². The molecule has 2 heterocycles. The van der Waals surface area contributed by atoms with E-state index < -0.39 is 12.0 Å². The molecule has 6 heteroatoms. The van der Waals surface area contributed by atoms with Crippen LogP contribution >= 0.6 is 11.3 Å². The molecule has 1 aromatic rings. The van der Waals surface area contributed by atoms with Crippen molar-refractivity contribution in [2.45, 2.75) is 38.6 Å². The maximum atomic E-state index is 12.3. The molecular weight excluding hydrogens is 252 g/mol. The first kappa shape index (κ1) is 13.0. The third kappa shape index (κ3) is 2.69. The Bertz CT molecular complexity index is 458. The summed E-state index contributed by atoms with van der Waals surface area (Å²) in [4.78, 5) is 29.6. The van der Waals surface area contributed by atoms with E-state index in [0.717, 1.165) is 24.3 Å². The van der Waals surface area contributed by atoms with Crippen LogP contribution in [0.4, 0.5) is 0 Å². The summed E-state index contributed by atoms with van der Waals surface area (Å²) in [5.74, 6) is -1.11. The van der Waals surface area contributed by atoms with Crippen molar-refractivity contribution in [3.05, 3.63) is 16.1 Å². The molecule has 1 N–H and O–H groups in total. The molecule has 1 aromatic heterocycles. The summed E-state index contributed by atoms with van der Waals surface area (Å²) in [6.45, 7) is 2.35. The van der Waals surface area contributed by atoms with Crippen molar-refractivity contribution in [1.82, 2.24) is 9.88 Å². The van der Waals surface area contributed by atoms with Crippen LogP contribution in [0.2, 0.25) is 0 Å². The number of nitrogens with zero attached hydrogens (tertiary/aromatic N) is 2. The molecule has 1 atom stereocenters. The van der Waals surface area contributed by atoms with Gasteiger partial charge in [-0.1, -0.05) is 12.8 Å². The third-order valence-electron chi connectivity index (χ3n) is 3.13. The van der Waals surface area contributed by atoms with Gasteiger partial charge in [0.05, 0.1) is 11.2 Å². The predicted molar refractivity (Wildman–Crippen MR) is 67.8 cm³/mol. The zero-order valence-corrected chi connectivity index (χ0v) is 11.1. The fourth-order valence-electron chi connectivity index (χ4n) is 2.21. The summed E-state index contributed by atoms with van der Waals surface area (Å²) in [6.07, 6.45) is 4.79. The van der Waals surface area contributed by atoms with Crippen LogP contribution in [0, 0.1) is 6.92 Å². The van der Waals surface area contributed by atoms with Crippen molar-refractivity contribution in [2.24, 2.45) is 0 Å². The van der Waals surface area contributed by atoms with Crippen LogP contribution in [0.5, 0.6) is 0 Å². The lowest BCUT2D eigenvalue weighted by Gasteiger charge is -2.26. The average Bonchev–Trinajstić information content (AvgIpc) is 2.63. The molecule has 2 rings (SSSR count). The Morgan fingerprint density at radius 3 is 2.83 bits per heavy atom. The first-order valence-electron chi connectivity index (χ1n) is 6.06. The summed E-state index contributed by atoms with van der Waals surface area (Å²) in [5.41, 5.74) is 0. The van der Waals surface area contributed by atoms with Gasteiger partial charge in [-0.15, -0.1) is 11.3 Å². The normalized spacial score (nSPS) is 20.5. The lowest BCUT2D eigenvalue weighted by Crippen LogP contribution is -2.44.